The number of pyridine rings is 1. The summed E-state index contributed by atoms with van der Waals surface area (Å²) in [6.07, 6.45) is 7.06. The second-order valence-electron chi connectivity index (χ2n) is 5.48. The zero-order valence-electron chi connectivity index (χ0n) is 11.2. The largest absolute Gasteiger partial charge is 0.351 e. The van der Waals surface area contributed by atoms with Crippen LogP contribution in [-0.2, 0) is 12.8 Å². The Labute approximate surface area is 117 Å². The molecule has 0 unspecified atom stereocenters. The molecule has 1 fully saturated rings. The van der Waals surface area contributed by atoms with Crippen LogP contribution in [0.15, 0.2) is 24.5 Å². The lowest BCUT2D eigenvalue weighted by atomic mass is 10.1. The van der Waals surface area contributed by atoms with E-state index in [1.807, 2.05) is 23.0 Å². The van der Waals surface area contributed by atoms with Gasteiger partial charge in [-0.3, -0.25) is 4.68 Å². The molecule has 0 bridgehead atoms. The maximum absolute atomic E-state index is 9.33. The molecule has 100 valence electrons. The first-order chi connectivity index (χ1) is 9.85. The molecule has 5 nitrogen and oxygen atoms in total. The number of hydrogen-bond acceptors (Lipinski definition) is 4. The van der Waals surface area contributed by atoms with E-state index in [2.05, 4.69) is 16.1 Å². The smallest absolute Gasteiger partial charge is 0.146 e. The van der Waals surface area contributed by atoms with Crippen LogP contribution in [0.1, 0.15) is 29.3 Å². The van der Waals surface area contributed by atoms with E-state index < -0.39 is 0 Å². The number of anilines is 1. The maximum Gasteiger partial charge on any atom is 0.146 e. The lowest BCUT2D eigenvalue weighted by Crippen LogP contribution is -2.48. The highest BCUT2D eigenvalue weighted by atomic mass is 15.4. The summed E-state index contributed by atoms with van der Waals surface area (Å²) in [5, 5.41) is 13.6. The number of aryl methyl sites for hydroxylation is 2. The summed E-state index contributed by atoms with van der Waals surface area (Å²) in [4.78, 5) is 6.92. The summed E-state index contributed by atoms with van der Waals surface area (Å²) < 4.78 is 1.98. The third kappa shape index (κ3) is 1.68. The Kier molecular flexibility index (Phi) is 2.49. The summed E-state index contributed by atoms with van der Waals surface area (Å²) in [7, 11) is 0. The van der Waals surface area contributed by atoms with Gasteiger partial charge in [0.25, 0.3) is 0 Å². The Morgan fingerprint density at radius 1 is 1.30 bits per heavy atom. The summed E-state index contributed by atoms with van der Waals surface area (Å²) in [6.45, 7) is 1.75. The third-order valence-electron chi connectivity index (χ3n) is 4.21. The fourth-order valence-corrected chi connectivity index (χ4v) is 3.08. The van der Waals surface area contributed by atoms with Gasteiger partial charge in [0, 0.05) is 31.2 Å². The van der Waals surface area contributed by atoms with Gasteiger partial charge in [-0.25, -0.2) is 4.98 Å². The predicted molar refractivity (Wildman–Crippen MR) is 74.5 cm³/mol. The van der Waals surface area contributed by atoms with Crippen molar-refractivity contribution in [3.63, 3.8) is 0 Å². The van der Waals surface area contributed by atoms with Crippen LogP contribution in [0.25, 0.3) is 0 Å². The predicted octanol–water partition coefficient (Wildman–Crippen LogP) is 1.70. The second kappa shape index (κ2) is 4.34. The standard InChI is InChI=1S/C15H15N5/c16-8-12-7-11-3-1-4-14(11)18-15(12)19-9-13(10-19)20-6-2-5-17-20/h2,5-7,13H,1,3-4,9-10H2. The third-order valence-corrected chi connectivity index (χ3v) is 4.21. The molecular weight excluding hydrogens is 250 g/mol. The van der Waals surface area contributed by atoms with Crippen molar-refractivity contribution in [3.8, 4) is 6.07 Å². The molecule has 1 aliphatic heterocycles. The van der Waals surface area contributed by atoms with E-state index in [-0.39, 0.29) is 0 Å². The zero-order valence-corrected chi connectivity index (χ0v) is 11.2. The van der Waals surface area contributed by atoms with Crippen molar-refractivity contribution >= 4 is 5.82 Å². The van der Waals surface area contributed by atoms with Crippen molar-refractivity contribution in [1.82, 2.24) is 14.8 Å². The number of aromatic nitrogens is 3. The number of fused-ring (bicyclic) bond motifs is 1. The molecule has 2 aromatic rings. The van der Waals surface area contributed by atoms with Gasteiger partial charge in [-0.2, -0.15) is 10.4 Å². The Hall–Kier alpha value is -2.35. The average Bonchev–Trinajstić information content (AvgIpc) is 3.06. The van der Waals surface area contributed by atoms with Crippen LogP contribution in [0.3, 0.4) is 0 Å². The monoisotopic (exact) mass is 265 g/mol. The van der Waals surface area contributed by atoms with Crippen molar-refractivity contribution < 1.29 is 0 Å². The SMILES string of the molecule is N#Cc1cc2c(nc1N1CC(n3cccn3)C1)CCC2. The fourth-order valence-electron chi connectivity index (χ4n) is 3.08. The molecule has 0 aromatic carbocycles. The first-order valence-corrected chi connectivity index (χ1v) is 7.02. The van der Waals surface area contributed by atoms with E-state index in [1.165, 1.54) is 11.3 Å². The summed E-state index contributed by atoms with van der Waals surface area (Å²) in [5.41, 5.74) is 3.15. The molecule has 1 saturated heterocycles. The van der Waals surface area contributed by atoms with Gasteiger partial charge in [0.1, 0.15) is 11.9 Å². The van der Waals surface area contributed by atoms with Crippen LogP contribution < -0.4 is 4.90 Å². The topological polar surface area (TPSA) is 57.7 Å². The molecule has 0 radical (unpaired) electrons. The van der Waals surface area contributed by atoms with Crippen LogP contribution in [0, 0.1) is 11.3 Å². The molecule has 4 rings (SSSR count). The van der Waals surface area contributed by atoms with Crippen LogP contribution in [0.5, 0.6) is 0 Å². The number of nitriles is 1. The van der Waals surface area contributed by atoms with Gasteiger partial charge in [-0.15, -0.1) is 0 Å². The summed E-state index contributed by atoms with van der Waals surface area (Å²) in [5.74, 6) is 0.858. The van der Waals surface area contributed by atoms with Gasteiger partial charge < -0.3 is 4.90 Å². The summed E-state index contributed by atoms with van der Waals surface area (Å²) >= 11 is 0. The highest BCUT2D eigenvalue weighted by Gasteiger charge is 2.32. The van der Waals surface area contributed by atoms with Crippen molar-refractivity contribution in [1.29, 1.82) is 5.26 Å². The van der Waals surface area contributed by atoms with Crippen molar-refractivity contribution in [2.75, 3.05) is 18.0 Å². The molecular formula is C15H15N5. The van der Waals surface area contributed by atoms with Gasteiger partial charge >= 0.3 is 0 Å². The highest BCUT2D eigenvalue weighted by molar-refractivity contribution is 5.58. The number of rotatable bonds is 2. The minimum Gasteiger partial charge on any atom is -0.351 e. The van der Waals surface area contributed by atoms with E-state index in [4.69, 9.17) is 4.98 Å². The van der Waals surface area contributed by atoms with Crippen LogP contribution in [0.4, 0.5) is 5.82 Å². The average molecular weight is 265 g/mol. The molecule has 5 heteroatoms. The second-order valence-corrected chi connectivity index (χ2v) is 5.48. The van der Waals surface area contributed by atoms with Crippen molar-refractivity contribution in [3.05, 3.63) is 41.3 Å². The quantitative estimate of drug-likeness (QED) is 0.829. The first-order valence-electron chi connectivity index (χ1n) is 7.02. The van der Waals surface area contributed by atoms with Gasteiger partial charge in [0.15, 0.2) is 0 Å². The van der Waals surface area contributed by atoms with E-state index in [1.54, 1.807) is 6.20 Å². The van der Waals surface area contributed by atoms with Crippen LogP contribution >= 0.6 is 0 Å². The molecule has 20 heavy (non-hydrogen) atoms. The van der Waals surface area contributed by atoms with Gasteiger partial charge in [0.05, 0.1) is 11.6 Å². The van der Waals surface area contributed by atoms with Crippen LogP contribution in [0.2, 0.25) is 0 Å². The maximum atomic E-state index is 9.33. The fraction of sp³-hybridized carbons (Fsp3) is 0.400. The molecule has 0 N–H and O–H groups in total. The van der Waals surface area contributed by atoms with Gasteiger partial charge in [-0.05, 0) is 37.0 Å². The van der Waals surface area contributed by atoms with E-state index >= 15 is 0 Å². The first kappa shape index (κ1) is 11.5. The minimum absolute atomic E-state index is 0.395. The van der Waals surface area contributed by atoms with E-state index in [0.717, 1.165) is 38.2 Å². The Bertz CT molecular complexity index is 677. The van der Waals surface area contributed by atoms with E-state index in [9.17, 15) is 5.26 Å². The molecule has 0 saturated carbocycles. The molecule has 0 atom stereocenters. The lowest BCUT2D eigenvalue weighted by Gasteiger charge is -2.40. The Morgan fingerprint density at radius 2 is 2.20 bits per heavy atom. The Balaban J connectivity index is 1.60. The van der Waals surface area contributed by atoms with E-state index in [0.29, 0.717) is 11.6 Å². The van der Waals surface area contributed by atoms with Crippen molar-refractivity contribution in [2.45, 2.75) is 25.3 Å². The van der Waals surface area contributed by atoms with Crippen molar-refractivity contribution in [2.24, 2.45) is 0 Å². The van der Waals surface area contributed by atoms with Crippen LogP contribution in [-0.4, -0.2) is 27.9 Å². The zero-order chi connectivity index (χ0) is 13.5. The molecule has 1 aliphatic carbocycles. The minimum atomic E-state index is 0.395. The molecule has 2 aliphatic rings. The molecule has 0 amide bonds. The Morgan fingerprint density at radius 3 is 2.95 bits per heavy atom. The molecule has 3 heterocycles. The van der Waals surface area contributed by atoms with Gasteiger partial charge in [-0.1, -0.05) is 0 Å². The summed E-state index contributed by atoms with van der Waals surface area (Å²) in [6, 6.07) is 6.67. The lowest BCUT2D eigenvalue weighted by molar-refractivity contribution is 0.365. The number of hydrogen-bond donors (Lipinski definition) is 0. The normalized spacial score (nSPS) is 17.6. The highest BCUT2D eigenvalue weighted by Crippen LogP contribution is 2.32. The van der Waals surface area contributed by atoms with Gasteiger partial charge in [0.2, 0.25) is 0 Å². The molecule has 0 spiro atoms. The molecule has 2 aromatic heterocycles. The number of nitrogens with zero attached hydrogens (tertiary/aromatic N) is 5.